The van der Waals surface area contributed by atoms with Gasteiger partial charge in [-0.15, -0.1) is 0 Å². The van der Waals surface area contributed by atoms with Gasteiger partial charge in [-0.1, -0.05) is 198 Å². The predicted molar refractivity (Wildman–Crippen MR) is 222 cm³/mol. The lowest BCUT2D eigenvalue weighted by Crippen LogP contribution is -2.11. The van der Waals surface area contributed by atoms with Gasteiger partial charge in [0.1, 0.15) is 0 Å². The van der Waals surface area contributed by atoms with E-state index in [2.05, 4.69) is 215 Å². The van der Waals surface area contributed by atoms with Gasteiger partial charge >= 0.3 is 0 Å². The van der Waals surface area contributed by atoms with Crippen LogP contribution in [0.3, 0.4) is 0 Å². The maximum absolute atomic E-state index is 2.53. The summed E-state index contributed by atoms with van der Waals surface area (Å²) < 4.78 is 2.53. The molecule has 51 heavy (non-hydrogen) atoms. The molecule has 0 amide bonds. The molecule has 0 bridgehead atoms. The van der Waals surface area contributed by atoms with Crippen molar-refractivity contribution in [2.45, 2.75) is 105 Å². The number of rotatable bonds is 5. The monoisotopic (exact) mass is 671 g/mol. The molecule has 1 heterocycles. The normalized spacial score (nSPS) is 12.7. The van der Waals surface area contributed by atoms with Crippen LogP contribution in [0.1, 0.15) is 105 Å². The fraction of sp³-hybridized carbons (Fsp3) is 0.320. The van der Waals surface area contributed by atoms with Gasteiger partial charge in [-0.3, -0.25) is 0 Å². The van der Waals surface area contributed by atoms with Crippen molar-refractivity contribution in [2.75, 3.05) is 0 Å². The van der Waals surface area contributed by atoms with E-state index in [4.69, 9.17) is 0 Å². The van der Waals surface area contributed by atoms with E-state index in [1.807, 2.05) is 0 Å². The highest BCUT2D eigenvalue weighted by molar-refractivity contribution is 6.03. The van der Waals surface area contributed by atoms with Crippen molar-refractivity contribution in [3.63, 3.8) is 0 Å². The first-order valence-electron chi connectivity index (χ1n) is 18.6. The van der Waals surface area contributed by atoms with Gasteiger partial charge in [0.15, 0.2) is 0 Å². The third kappa shape index (κ3) is 7.41. The van der Waals surface area contributed by atoms with E-state index in [1.165, 1.54) is 67.0 Å². The Morgan fingerprint density at radius 3 is 0.804 bits per heavy atom. The van der Waals surface area contributed by atoms with Crippen LogP contribution in [0.25, 0.3) is 50.5 Å². The van der Waals surface area contributed by atoms with Gasteiger partial charge in [-0.2, -0.15) is 0 Å². The smallest absolute Gasteiger partial charge is 0.0619 e. The molecule has 0 aliphatic carbocycles. The number of para-hydroxylation sites is 1. The Balaban J connectivity index is 1.79. The van der Waals surface area contributed by atoms with Crippen LogP contribution in [0.5, 0.6) is 0 Å². The average molecular weight is 672 g/mol. The molecule has 1 nitrogen and oxygen atoms in total. The summed E-state index contributed by atoms with van der Waals surface area (Å²) in [5, 5.41) is 0. The van der Waals surface area contributed by atoms with Crippen molar-refractivity contribution in [1.82, 2.24) is 4.57 Å². The number of benzene rings is 5. The van der Waals surface area contributed by atoms with Crippen molar-refractivity contribution in [2.24, 2.45) is 0 Å². The van der Waals surface area contributed by atoms with Crippen LogP contribution in [-0.4, -0.2) is 4.57 Å². The molecule has 0 unspecified atom stereocenters. The predicted octanol–water partition coefficient (Wildman–Crippen LogP) is 14.3. The lowest BCUT2D eigenvalue weighted by atomic mass is 9.83. The Morgan fingerprint density at radius 1 is 0.294 bits per heavy atom. The van der Waals surface area contributed by atoms with Gasteiger partial charge < -0.3 is 4.57 Å². The molecule has 0 aliphatic heterocycles. The molecule has 0 saturated carbocycles. The summed E-state index contributed by atoms with van der Waals surface area (Å²) >= 11 is 0. The first-order chi connectivity index (χ1) is 23.8. The number of nitrogens with zero attached hydrogens (tertiary/aromatic N) is 1. The fourth-order valence-corrected chi connectivity index (χ4v) is 7.05. The maximum atomic E-state index is 2.53. The molecule has 0 N–H and O–H groups in total. The maximum Gasteiger partial charge on any atom is 0.0619 e. The summed E-state index contributed by atoms with van der Waals surface area (Å²) in [4.78, 5) is 0. The van der Waals surface area contributed by atoms with Crippen LogP contribution < -0.4 is 0 Å². The van der Waals surface area contributed by atoms with E-state index in [0.717, 1.165) is 5.69 Å². The molecule has 6 rings (SSSR count). The van der Waals surface area contributed by atoms with Gasteiger partial charge in [0.2, 0.25) is 0 Å². The molecule has 262 valence electrons. The Morgan fingerprint density at radius 2 is 0.549 bits per heavy atom. The van der Waals surface area contributed by atoms with Crippen LogP contribution in [0.15, 0.2) is 127 Å². The van der Waals surface area contributed by atoms with Crippen molar-refractivity contribution in [1.29, 1.82) is 0 Å². The highest BCUT2D eigenvalue weighted by Crippen LogP contribution is 2.50. The Labute approximate surface area is 308 Å². The van der Waals surface area contributed by atoms with Crippen LogP contribution in [0.4, 0.5) is 0 Å². The lowest BCUT2D eigenvalue weighted by Gasteiger charge is -2.21. The van der Waals surface area contributed by atoms with Gasteiger partial charge in [-0.05, 0) is 78.3 Å². The average Bonchev–Trinajstić information content (AvgIpc) is 3.43. The molecule has 0 aliphatic rings. The third-order valence-electron chi connectivity index (χ3n) is 10.3. The molecular weight excluding hydrogens is 615 g/mol. The van der Waals surface area contributed by atoms with Gasteiger partial charge in [0.05, 0.1) is 11.4 Å². The summed E-state index contributed by atoms with van der Waals surface area (Å²) in [5.41, 5.74) is 16.5. The van der Waals surface area contributed by atoms with Crippen molar-refractivity contribution in [3.05, 3.63) is 150 Å². The number of aromatic nitrogens is 1. The molecule has 0 radical (unpaired) electrons. The Kier molecular flexibility index (Phi) is 9.34. The Bertz CT molecular complexity index is 1960. The molecule has 0 saturated heterocycles. The lowest BCUT2D eigenvalue weighted by molar-refractivity contribution is 0.590. The quantitative estimate of drug-likeness (QED) is 0.172. The van der Waals surface area contributed by atoms with Crippen molar-refractivity contribution >= 4 is 0 Å². The van der Waals surface area contributed by atoms with E-state index in [0.29, 0.717) is 0 Å². The SMILES string of the molecule is CC(C)(C)c1ccc(-c2c(-c3ccc(C(C)(C)C)cc3)c(-c3ccc(C(C)(C)C)cc3)n(-c3ccccc3)c2-c2ccc(C(C)(C)C)cc2)cc1. The molecule has 1 aromatic heterocycles. The molecule has 0 fully saturated rings. The third-order valence-corrected chi connectivity index (χ3v) is 10.3. The van der Waals surface area contributed by atoms with Gasteiger partial charge in [0.25, 0.3) is 0 Å². The molecule has 0 spiro atoms. The van der Waals surface area contributed by atoms with Crippen LogP contribution >= 0.6 is 0 Å². The zero-order valence-electron chi connectivity index (χ0n) is 33.1. The molecule has 6 aromatic rings. The standard InChI is InChI=1S/C50H57N/c1-47(2,3)38-26-18-34(19-27-38)43-44(35-20-28-39(29-21-35)48(4,5)6)46(37-24-32-41(33-25-37)50(10,11)12)51(42-16-14-13-15-17-42)45(43)36-22-30-40(31-23-36)49(7,8)9/h13-33H,1-12H3. The zero-order chi connectivity index (χ0) is 36.9. The van der Waals surface area contributed by atoms with E-state index in [-0.39, 0.29) is 21.7 Å². The first kappa shape index (κ1) is 36.2. The summed E-state index contributed by atoms with van der Waals surface area (Å²) in [5.74, 6) is 0. The number of hydrogen-bond acceptors (Lipinski definition) is 0. The molecular formula is C50H57N. The van der Waals surface area contributed by atoms with Crippen LogP contribution in [-0.2, 0) is 21.7 Å². The van der Waals surface area contributed by atoms with E-state index >= 15 is 0 Å². The van der Waals surface area contributed by atoms with E-state index in [9.17, 15) is 0 Å². The summed E-state index contributed by atoms with van der Waals surface area (Å²) in [6, 6.07) is 48.2. The minimum atomic E-state index is 0.0610. The van der Waals surface area contributed by atoms with Gasteiger partial charge in [0, 0.05) is 16.8 Å². The molecule has 5 aromatic carbocycles. The van der Waals surface area contributed by atoms with Crippen LogP contribution in [0, 0.1) is 0 Å². The molecule has 1 heteroatoms. The summed E-state index contributed by atoms with van der Waals surface area (Å²) in [6.45, 7) is 27.5. The van der Waals surface area contributed by atoms with E-state index in [1.54, 1.807) is 0 Å². The number of hydrogen-bond donors (Lipinski definition) is 0. The summed E-state index contributed by atoms with van der Waals surface area (Å²) in [6.07, 6.45) is 0. The minimum Gasteiger partial charge on any atom is -0.308 e. The highest BCUT2D eigenvalue weighted by atomic mass is 15.0. The second-order valence-corrected chi connectivity index (χ2v) is 18.4. The first-order valence-corrected chi connectivity index (χ1v) is 18.6. The fourth-order valence-electron chi connectivity index (χ4n) is 7.05. The largest absolute Gasteiger partial charge is 0.308 e. The summed E-state index contributed by atoms with van der Waals surface area (Å²) in [7, 11) is 0. The molecule has 0 atom stereocenters. The second-order valence-electron chi connectivity index (χ2n) is 18.4. The van der Waals surface area contributed by atoms with Crippen LogP contribution in [0.2, 0.25) is 0 Å². The topological polar surface area (TPSA) is 4.93 Å². The Hall–Kier alpha value is -4.62. The van der Waals surface area contributed by atoms with E-state index < -0.39 is 0 Å². The van der Waals surface area contributed by atoms with Crippen molar-refractivity contribution < 1.29 is 0 Å². The van der Waals surface area contributed by atoms with Crippen molar-refractivity contribution in [3.8, 4) is 50.5 Å². The highest BCUT2D eigenvalue weighted by Gasteiger charge is 2.29. The van der Waals surface area contributed by atoms with Gasteiger partial charge in [-0.25, -0.2) is 0 Å². The minimum absolute atomic E-state index is 0.0610. The zero-order valence-corrected chi connectivity index (χ0v) is 33.1. The second kappa shape index (κ2) is 13.2.